The average molecular weight is 256 g/mol. The fourth-order valence-electron chi connectivity index (χ4n) is 1.44. The van der Waals surface area contributed by atoms with Crippen molar-refractivity contribution in [3.8, 4) is 5.88 Å². The zero-order valence-electron chi connectivity index (χ0n) is 10.4. The summed E-state index contributed by atoms with van der Waals surface area (Å²) in [7, 11) is 1.55. The number of nitrogens with zero attached hydrogens (tertiary/aromatic N) is 2. The molecule has 0 atom stereocenters. The van der Waals surface area contributed by atoms with Crippen molar-refractivity contribution < 1.29 is 4.74 Å². The Morgan fingerprint density at radius 3 is 2.88 bits per heavy atom. The highest BCUT2D eigenvalue weighted by atomic mass is 32.2. The van der Waals surface area contributed by atoms with Gasteiger partial charge in [0.15, 0.2) is 5.82 Å². The minimum absolute atomic E-state index is 0.421. The molecule has 17 heavy (non-hydrogen) atoms. The number of nitrogens with two attached hydrogens (primary N) is 1. The molecular formula is C11H20N4OS. The van der Waals surface area contributed by atoms with E-state index in [0.717, 1.165) is 13.0 Å². The quantitative estimate of drug-likeness (QED) is 0.693. The second kappa shape index (κ2) is 8.00. The van der Waals surface area contributed by atoms with Crippen LogP contribution in [-0.2, 0) is 0 Å². The van der Waals surface area contributed by atoms with Crippen LogP contribution < -0.4 is 15.8 Å². The summed E-state index contributed by atoms with van der Waals surface area (Å²) in [5.41, 5.74) is 6.31. The maximum atomic E-state index is 5.84. The molecular weight excluding hydrogens is 236 g/mol. The fraction of sp³-hybridized carbons (Fsp3) is 0.636. The van der Waals surface area contributed by atoms with Crippen LogP contribution in [0.1, 0.15) is 19.3 Å². The highest BCUT2D eigenvalue weighted by Gasteiger charge is 2.06. The second-order valence-corrected chi connectivity index (χ2v) is 4.61. The summed E-state index contributed by atoms with van der Waals surface area (Å²) in [5, 5.41) is 3.20. The molecule has 0 saturated carbocycles. The van der Waals surface area contributed by atoms with Gasteiger partial charge in [-0.3, -0.25) is 0 Å². The molecule has 0 saturated heterocycles. The van der Waals surface area contributed by atoms with Crippen molar-refractivity contribution in [2.24, 2.45) is 0 Å². The fourth-order valence-corrected chi connectivity index (χ4v) is 1.93. The Morgan fingerprint density at radius 1 is 1.35 bits per heavy atom. The number of hydrogen-bond acceptors (Lipinski definition) is 6. The molecule has 0 fully saturated rings. The molecule has 0 bridgehead atoms. The number of thioether (sulfide) groups is 1. The SMILES string of the molecule is COc1ncnc(NCCCCCSC)c1N. The maximum absolute atomic E-state index is 5.84. The van der Waals surface area contributed by atoms with Crippen LogP contribution in [0, 0.1) is 0 Å². The van der Waals surface area contributed by atoms with Gasteiger partial charge >= 0.3 is 0 Å². The smallest absolute Gasteiger partial charge is 0.242 e. The number of unbranched alkanes of at least 4 members (excludes halogenated alkanes) is 2. The van der Waals surface area contributed by atoms with E-state index in [1.165, 1.54) is 24.9 Å². The van der Waals surface area contributed by atoms with Gasteiger partial charge < -0.3 is 15.8 Å². The Hall–Kier alpha value is -1.17. The Labute approximate surface area is 107 Å². The highest BCUT2D eigenvalue weighted by molar-refractivity contribution is 7.98. The van der Waals surface area contributed by atoms with Gasteiger partial charge in [0.2, 0.25) is 5.88 Å². The van der Waals surface area contributed by atoms with Gasteiger partial charge in [-0.2, -0.15) is 16.7 Å². The summed E-state index contributed by atoms with van der Waals surface area (Å²) in [5.74, 6) is 2.30. The van der Waals surface area contributed by atoms with Gasteiger partial charge in [-0.05, 0) is 24.9 Å². The number of anilines is 2. The van der Waals surface area contributed by atoms with Gasteiger partial charge in [0.05, 0.1) is 7.11 Å². The molecule has 1 aromatic rings. The van der Waals surface area contributed by atoms with Gasteiger partial charge in [-0.15, -0.1) is 0 Å². The van der Waals surface area contributed by atoms with Gasteiger partial charge in [0.1, 0.15) is 12.0 Å². The van der Waals surface area contributed by atoms with Gasteiger partial charge in [0.25, 0.3) is 0 Å². The van der Waals surface area contributed by atoms with Crippen LogP contribution >= 0.6 is 11.8 Å². The number of nitrogens with one attached hydrogen (secondary N) is 1. The van der Waals surface area contributed by atoms with Crippen LogP contribution in [0.25, 0.3) is 0 Å². The van der Waals surface area contributed by atoms with E-state index in [9.17, 15) is 0 Å². The van der Waals surface area contributed by atoms with E-state index >= 15 is 0 Å². The Kier molecular flexibility index (Phi) is 6.54. The molecule has 0 aliphatic rings. The van der Waals surface area contributed by atoms with E-state index in [-0.39, 0.29) is 0 Å². The van der Waals surface area contributed by atoms with Crippen LogP contribution in [0.5, 0.6) is 5.88 Å². The number of rotatable bonds is 8. The van der Waals surface area contributed by atoms with Gasteiger partial charge in [-0.1, -0.05) is 6.42 Å². The standard InChI is InChI=1S/C11H20N4OS/c1-16-11-9(12)10(14-8-15-11)13-6-4-3-5-7-17-2/h8H,3-7,12H2,1-2H3,(H,13,14,15). The second-order valence-electron chi connectivity index (χ2n) is 3.63. The number of nitrogen functional groups attached to an aromatic ring is 1. The molecule has 5 nitrogen and oxygen atoms in total. The first kappa shape index (κ1) is 13.9. The van der Waals surface area contributed by atoms with Crippen molar-refractivity contribution in [2.75, 3.05) is 36.7 Å². The molecule has 1 rings (SSSR count). The molecule has 96 valence electrons. The number of aromatic nitrogens is 2. The van der Waals surface area contributed by atoms with Crippen molar-refractivity contribution in [1.82, 2.24) is 9.97 Å². The molecule has 0 spiro atoms. The van der Waals surface area contributed by atoms with E-state index in [0.29, 0.717) is 17.4 Å². The topological polar surface area (TPSA) is 73.1 Å². The van der Waals surface area contributed by atoms with Crippen LogP contribution in [0.3, 0.4) is 0 Å². The van der Waals surface area contributed by atoms with Crippen molar-refractivity contribution in [2.45, 2.75) is 19.3 Å². The van der Waals surface area contributed by atoms with Crippen LogP contribution in [0.2, 0.25) is 0 Å². The molecule has 0 unspecified atom stereocenters. The lowest BCUT2D eigenvalue weighted by molar-refractivity contribution is 0.399. The molecule has 0 aromatic carbocycles. The van der Waals surface area contributed by atoms with E-state index in [2.05, 4.69) is 21.5 Å². The third kappa shape index (κ3) is 4.68. The molecule has 0 amide bonds. The number of methoxy groups -OCH3 is 1. The van der Waals surface area contributed by atoms with Crippen molar-refractivity contribution in [3.63, 3.8) is 0 Å². The van der Waals surface area contributed by atoms with Gasteiger partial charge in [-0.25, -0.2) is 4.98 Å². The molecule has 1 aromatic heterocycles. The van der Waals surface area contributed by atoms with Crippen LogP contribution in [0.15, 0.2) is 6.33 Å². The first-order valence-electron chi connectivity index (χ1n) is 5.67. The largest absolute Gasteiger partial charge is 0.479 e. The summed E-state index contributed by atoms with van der Waals surface area (Å²) >= 11 is 1.89. The monoisotopic (exact) mass is 256 g/mol. The molecule has 0 radical (unpaired) electrons. The molecule has 6 heteroatoms. The lowest BCUT2D eigenvalue weighted by Crippen LogP contribution is -2.08. The van der Waals surface area contributed by atoms with E-state index < -0.39 is 0 Å². The predicted molar refractivity (Wildman–Crippen MR) is 73.7 cm³/mol. The average Bonchev–Trinajstić information content (AvgIpc) is 2.35. The highest BCUT2D eigenvalue weighted by Crippen LogP contribution is 2.23. The third-order valence-corrected chi connectivity index (χ3v) is 3.06. The van der Waals surface area contributed by atoms with Crippen LogP contribution in [-0.4, -0.2) is 35.6 Å². The molecule has 0 aliphatic heterocycles. The van der Waals surface area contributed by atoms with Gasteiger partial charge in [0, 0.05) is 6.54 Å². The first-order valence-corrected chi connectivity index (χ1v) is 7.06. The first-order chi connectivity index (χ1) is 8.29. The Morgan fingerprint density at radius 2 is 2.18 bits per heavy atom. The zero-order valence-corrected chi connectivity index (χ0v) is 11.2. The maximum Gasteiger partial charge on any atom is 0.242 e. The summed E-state index contributed by atoms with van der Waals surface area (Å²) in [6.45, 7) is 0.874. The lowest BCUT2D eigenvalue weighted by atomic mass is 10.2. The van der Waals surface area contributed by atoms with Crippen molar-refractivity contribution >= 4 is 23.3 Å². The Bertz CT molecular complexity index is 335. The third-order valence-electron chi connectivity index (χ3n) is 2.36. The normalized spacial score (nSPS) is 10.2. The molecule has 0 aliphatic carbocycles. The zero-order chi connectivity index (χ0) is 12.5. The minimum atomic E-state index is 0.421. The Balaban J connectivity index is 2.31. The minimum Gasteiger partial charge on any atom is -0.479 e. The van der Waals surface area contributed by atoms with E-state index in [1.807, 2.05) is 11.8 Å². The lowest BCUT2D eigenvalue weighted by Gasteiger charge is -2.09. The molecule has 3 N–H and O–H groups in total. The number of hydrogen-bond donors (Lipinski definition) is 2. The van der Waals surface area contributed by atoms with Crippen molar-refractivity contribution in [1.29, 1.82) is 0 Å². The van der Waals surface area contributed by atoms with E-state index in [1.54, 1.807) is 7.11 Å². The predicted octanol–water partition coefficient (Wildman–Crippen LogP) is 2.01. The van der Waals surface area contributed by atoms with Crippen LogP contribution in [0.4, 0.5) is 11.5 Å². The molecule has 1 heterocycles. The summed E-state index contributed by atoms with van der Waals surface area (Å²) < 4.78 is 5.03. The summed E-state index contributed by atoms with van der Waals surface area (Å²) in [4.78, 5) is 8.01. The summed E-state index contributed by atoms with van der Waals surface area (Å²) in [6, 6.07) is 0. The number of ether oxygens (including phenoxy) is 1. The summed E-state index contributed by atoms with van der Waals surface area (Å²) in [6.07, 6.45) is 7.17. The van der Waals surface area contributed by atoms with Crippen molar-refractivity contribution in [3.05, 3.63) is 6.33 Å². The van der Waals surface area contributed by atoms with E-state index in [4.69, 9.17) is 10.5 Å².